The summed E-state index contributed by atoms with van der Waals surface area (Å²) in [6.45, 7) is 10.3. The third-order valence-electron chi connectivity index (χ3n) is 4.96. The fourth-order valence-electron chi connectivity index (χ4n) is 3.65. The second-order valence-corrected chi connectivity index (χ2v) is 6.90. The number of aryl methyl sites for hydroxylation is 1. The Morgan fingerprint density at radius 2 is 1.95 bits per heavy atom. The van der Waals surface area contributed by atoms with Crippen LogP contribution < -0.4 is 5.32 Å². The molecule has 5 nitrogen and oxygen atoms in total. The molecule has 2 aliphatic heterocycles. The van der Waals surface area contributed by atoms with Gasteiger partial charge in [0.25, 0.3) is 0 Å². The summed E-state index contributed by atoms with van der Waals surface area (Å²) in [4.78, 5) is 2.55. The molecule has 5 heteroatoms. The molecule has 1 aromatic heterocycles. The van der Waals surface area contributed by atoms with Crippen LogP contribution in [-0.2, 0) is 13.0 Å². The van der Waals surface area contributed by atoms with Crippen molar-refractivity contribution in [1.29, 1.82) is 0 Å². The van der Waals surface area contributed by atoms with Crippen molar-refractivity contribution in [3.8, 4) is 0 Å². The lowest BCUT2D eigenvalue weighted by Crippen LogP contribution is -2.37. The molecule has 3 heterocycles. The molecule has 0 aliphatic carbocycles. The third-order valence-corrected chi connectivity index (χ3v) is 4.96. The van der Waals surface area contributed by atoms with E-state index in [4.69, 9.17) is 0 Å². The number of hydrogen-bond acceptors (Lipinski definition) is 4. The van der Waals surface area contributed by atoms with E-state index in [1.165, 1.54) is 38.1 Å². The lowest BCUT2D eigenvalue weighted by atomic mass is 10.2. The van der Waals surface area contributed by atoms with Crippen molar-refractivity contribution in [1.82, 2.24) is 25.0 Å². The zero-order valence-corrected chi connectivity index (χ0v) is 13.7. The van der Waals surface area contributed by atoms with Gasteiger partial charge in [0.1, 0.15) is 11.6 Å². The van der Waals surface area contributed by atoms with E-state index in [2.05, 4.69) is 45.8 Å². The predicted molar refractivity (Wildman–Crippen MR) is 84.2 cm³/mol. The van der Waals surface area contributed by atoms with Crippen molar-refractivity contribution < 1.29 is 0 Å². The maximum Gasteiger partial charge on any atom is 0.149 e. The number of aromatic nitrogens is 3. The van der Waals surface area contributed by atoms with Crippen LogP contribution in [0.15, 0.2) is 0 Å². The Balaban J connectivity index is 1.64. The molecule has 0 aromatic carbocycles. The number of nitrogens with one attached hydrogen (secondary N) is 1. The molecular weight excluding hydrogens is 262 g/mol. The van der Waals surface area contributed by atoms with E-state index in [1.807, 2.05) is 0 Å². The van der Waals surface area contributed by atoms with Crippen LogP contribution in [-0.4, -0.2) is 44.8 Å². The van der Waals surface area contributed by atoms with Crippen LogP contribution in [0.2, 0.25) is 0 Å². The summed E-state index contributed by atoms with van der Waals surface area (Å²) >= 11 is 0. The molecule has 1 aromatic rings. The molecule has 21 heavy (non-hydrogen) atoms. The van der Waals surface area contributed by atoms with Gasteiger partial charge in [0.05, 0.1) is 6.04 Å². The molecule has 0 radical (unpaired) electrons. The van der Waals surface area contributed by atoms with E-state index in [9.17, 15) is 0 Å². The fourth-order valence-corrected chi connectivity index (χ4v) is 3.65. The van der Waals surface area contributed by atoms with Crippen LogP contribution in [0.1, 0.15) is 64.1 Å². The van der Waals surface area contributed by atoms with E-state index < -0.39 is 0 Å². The van der Waals surface area contributed by atoms with Crippen molar-refractivity contribution in [2.75, 3.05) is 13.1 Å². The summed E-state index contributed by atoms with van der Waals surface area (Å²) in [6.07, 6.45) is 6.16. The van der Waals surface area contributed by atoms with E-state index >= 15 is 0 Å². The van der Waals surface area contributed by atoms with Crippen LogP contribution in [0.25, 0.3) is 0 Å². The molecule has 0 saturated carbocycles. The minimum absolute atomic E-state index is 0.293. The second-order valence-electron chi connectivity index (χ2n) is 6.90. The van der Waals surface area contributed by atoms with Crippen LogP contribution in [0.5, 0.6) is 0 Å². The van der Waals surface area contributed by atoms with Gasteiger partial charge in [0.15, 0.2) is 0 Å². The van der Waals surface area contributed by atoms with Crippen LogP contribution >= 0.6 is 0 Å². The Morgan fingerprint density at radius 1 is 1.10 bits per heavy atom. The van der Waals surface area contributed by atoms with Gasteiger partial charge in [0.2, 0.25) is 0 Å². The molecule has 3 rings (SSSR count). The second kappa shape index (κ2) is 6.44. The fraction of sp³-hybridized carbons (Fsp3) is 0.875. The first kappa shape index (κ1) is 15.0. The molecule has 2 aliphatic rings. The maximum atomic E-state index is 4.47. The summed E-state index contributed by atoms with van der Waals surface area (Å²) in [5.74, 6) is 2.32. The van der Waals surface area contributed by atoms with Gasteiger partial charge in [-0.3, -0.25) is 4.90 Å². The minimum atomic E-state index is 0.293. The Labute approximate surface area is 128 Å². The van der Waals surface area contributed by atoms with Gasteiger partial charge in [-0.2, -0.15) is 0 Å². The van der Waals surface area contributed by atoms with Gasteiger partial charge < -0.3 is 9.88 Å². The van der Waals surface area contributed by atoms with Crippen molar-refractivity contribution in [2.45, 2.75) is 77.5 Å². The Hall–Kier alpha value is -0.940. The van der Waals surface area contributed by atoms with Gasteiger partial charge in [-0.25, -0.2) is 0 Å². The van der Waals surface area contributed by atoms with Crippen molar-refractivity contribution >= 4 is 0 Å². The van der Waals surface area contributed by atoms with Gasteiger partial charge in [-0.15, -0.1) is 10.2 Å². The maximum absolute atomic E-state index is 4.47. The van der Waals surface area contributed by atoms with Crippen LogP contribution in [0.3, 0.4) is 0 Å². The molecule has 0 bridgehead atoms. The average Bonchev–Trinajstić information content (AvgIpc) is 3.01. The molecular formula is C16H29N5. The quantitative estimate of drug-likeness (QED) is 0.923. The first-order chi connectivity index (χ1) is 10.1. The molecule has 0 amide bonds. The first-order valence-electron chi connectivity index (χ1n) is 8.57. The number of hydrogen-bond donors (Lipinski definition) is 1. The Bertz CT molecular complexity index is 467. The van der Waals surface area contributed by atoms with E-state index in [0.29, 0.717) is 18.1 Å². The topological polar surface area (TPSA) is 46.0 Å². The lowest BCUT2D eigenvalue weighted by Gasteiger charge is -2.22. The summed E-state index contributed by atoms with van der Waals surface area (Å²) in [6, 6.07) is 1.53. The van der Waals surface area contributed by atoms with Crippen molar-refractivity contribution in [3.05, 3.63) is 11.6 Å². The minimum Gasteiger partial charge on any atom is -0.314 e. The van der Waals surface area contributed by atoms with Crippen molar-refractivity contribution in [3.63, 3.8) is 0 Å². The SMILES string of the molecule is CC(NC1CCN(C(C)C)C1)c1nnc2n1CCCCC2. The van der Waals surface area contributed by atoms with Gasteiger partial charge in [-0.05, 0) is 46.6 Å². The predicted octanol–water partition coefficient (Wildman–Crippen LogP) is 2.14. The summed E-state index contributed by atoms with van der Waals surface area (Å²) < 4.78 is 2.36. The highest BCUT2D eigenvalue weighted by Gasteiger charge is 2.27. The lowest BCUT2D eigenvalue weighted by molar-refractivity contribution is 0.265. The van der Waals surface area contributed by atoms with Gasteiger partial charge in [-0.1, -0.05) is 6.42 Å². The number of nitrogens with zero attached hydrogens (tertiary/aromatic N) is 4. The largest absolute Gasteiger partial charge is 0.314 e. The highest BCUT2D eigenvalue weighted by atomic mass is 15.3. The van der Waals surface area contributed by atoms with E-state index in [-0.39, 0.29) is 0 Å². The third kappa shape index (κ3) is 3.29. The Morgan fingerprint density at radius 3 is 2.71 bits per heavy atom. The zero-order valence-electron chi connectivity index (χ0n) is 13.7. The average molecular weight is 291 g/mol. The molecule has 118 valence electrons. The van der Waals surface area contributed by atoms with Gasteiger partial charge in [0, 0.05) is 31.6 Å². The van der Waals surface area contributed by atoms with Gasteiger partial charge >= 0.3 is 0 Å². The standard InChI is InChI=1S/C16H29N5/c1-12(2)20-10-8-14(11-20)17-13(3)16-19-18-15-7-5-4-6-9-21(15)16/h12-14,17H,4-11H2,1-3H3. The smallest absolute Gasteiger partial charge is 0.149 e. The number of likely N-dealkylation sites (tertiary alicyclic amines) is 1. The number of rotatable bonds is 4. The highest BCUT2D eigenvalue weighted by Crippen LogP contribution is 2.21. The molecule has 0 spiro atoms. The normalized spacial score (nSPS) is 25.0. The van der Waals surface area contributed by atoms with Crippen molar-refractivity contribution in [2.24, 2.45) is 0 Å². The monoisotopic (exact) mass is 291 g/mol. The first-order valence-corrected chi connectivity index (χ1v) is 8.57. The number of fused-ring (bicyclic) bond motifs is 1. The highest BCUT2D eigenvalue weighted by molar-refractivity contribution is 5.03. The molecule has 1 N–H and O–H groups in total. The van der Waals surface area contributed by atoms with E-state index in [0.717, 1.165) is 25.3 Å². The molecule has 1 fully saturated rings. The zero-order chi connectivity index (χ0) is 14.8. The summed E-state index contributed by atoms with van der Waals surface area (Å²) in [7, 11) is 0. The molecule has 2 atom stereocenters. The van der Waals surface area contributed by atoms with Crippen LogP contribution in [0, 0.1) is 0 Å². The molecule has 2 unspecified atom stereocenters. The summed E-state index contributed by atoms with van der Waals surface area (Å²) in [5, 5.41) is 12.7. The van der Waals surface area contributed by atoms with Crippen LogP contribution in [0.4, 0.5) is 0 Å². The molecule has 1 saturated heterocycles. The van der Waals surface area contributed by atoms with E-state index in [1.54, 1.807) is 0 Å². The summed E-state index contributed by atoms with van der Waals surface area (Å²) in [5.41, 5.74) is 0. The Kier molecular flexibility index (Phi) is 4.60.